The third-order valence-electron chi connectivity index (χ3n) is 5.43. The van der Waals surface area contributed by atoms with Crippen LogP contribution in [0.2, 0.25) is 5.02 Å². The highest BCUT2D eigenvalue weighted by atomic mass is 35.5. The zero-order valence-electron chi connectivity index (χ0n) is 15.2. The van der Waals surface area contributed by atoms with Crippen molar-refractivity contribution in [2.45, 2.75) is 24.7 Å². The SMILES string of the molecule is CC1CC[NH+](CC(=O)N2CCN(S(=O)(=O)c3ccccc3Cl)CC2)CC1. The first kappa shape index (κ1) is 19.6. The highest BCUT2D eigenvalue weighted by Crippen LogP contribution is 2.24. The van der Waals surface area contributed by atoms with E-state index in [9.17, 15) is 13.2 Å². The zero-order valence-corrected chi connectivity index (χ0v) is 16.7. The number of hydrogen-bond acceptors (Lipinski definition) is 3. The van der Waals surface area contributed by atoms with Gasteiger partial charge in [0.1, 0.15) is 4.90 Å². The van der Waals surface area contributed by atoms with Gasteiger partial charge in [-0.05, 0) is 30.9 Å². The Bertz CT molecular complexity index is 740. The Labute approximate surface area is 160 Å². The topological polar surface area (TPSA) is 62.1 Å². The molecule has 1 N–H and O–H groups in total. The van der Waals surface area contributed by atoms with Crippen LogP contribution in [0.4, 0.5) is 0 Å². The number of benzene rings is 1. The summed E-state index contributed by atoms with van der Waals surface area (Å²) in [5.41, 5.74) is 0. The summed E-state index contributed by atoms with van der Waals surface area (Å²) in [5, 5.41) is 0.230. The fraction of sp³-hybridized carbons (Fsp3) is 0.611. The van der Waals surface area contributed by atoms with Crippen LogP contribution in [0.1, 0.15) is 19.8 Å². The quantitative estimate of drug-likeness (QED) is 0.800. The van der Waals surface area contributed by atoms with Gasteiger partial charge < -0.3 is 9.80 Å². The number of likely N-dealkylation sites (tertiary alicyclic amines) is 1. The van der Waals surface area contributed by atoms with E-state index >= 15 is 0 Å². The predicted molar refractivity (Wildman–Crippen MR) is 101 cm³/mol. The average molecular weight is 401 g/mol. The normalized spacial score (nSPS) is 25.2. The number of quaternary nitrogens is 1. The number of carbonyl (C=O) groups excluding carboxylic acids is 1. The van der Waals surface area contributed by atoms with E-state index < -0.39 is 10.0 Å². The fourth-order valence-corrected chi connectivity index (χ4v) is 5.56. The summed E-state index contributed by atoms with van der Waals surface area (Å²) in [6.45, 7) is 6.37. The molecule has 0 bridgehead atoms. The zero-order chi connectivity index (χ0) is 18.7. The van der Waals surface area contributed by atoms with Gasteiger partial charge in [0.25, 0.3) is 5.91 Å². The standard InChI is InChI=1S/C18H26ClN3O3S/c1-15-6-8-20(9-7-15)14-18(23)21-10-12-22(13-11-21)26(24,25)17-5-3-2-4-16(17)19/h2-5,15H,6-14H2,1H3/p+1. The molecule has 0 saturated carbocycles. The maximum absolute atomic E-state index is 12.8. The van der Waals surface area contributed by atoms with Crippen molar-refractivity contribution >= 4 is 27.5 Å². The van der Waals surface area contributed by atoms with Crippen molar-refractivity contribution < 1.29 is 18.1 Å². The van der Waals surface area contributed by atoms with Crippen LogP contribution < -0.4 is 4.90 Å². The molecule has 2 heterocycles. The lowest BCUT2D eigenvalue weighted by Gasteiger charge is -2.35. The Kier molecular flexibility index (Phi) is 6.22. The van der Waals surface area contributed by atoms with Crippen molar-refractivity contribution in [3.05, 3.63) is 29.3 Å². The third kappa shape index (κ3) is 4.39. The summed E-state index contributed by atoms with van der Waals surface area (Å²) in [4.78, 5) is 15.8. The molecule has 1 aromatic rings. The number of hydrogen-bond donors (Lipinski definition) is 1. The van der Waals surface area contributed by atoms with Crippen LogP contribution >= 0.6 is 11.6 Å². The van der Waals surface area contributed by atoms with Gasteiger partial charge in [-0.15, -0.1) is 0 Å². The van der Waals surface area contributed by atoms with Crippen LogP contribution in [0.25, 0.3) is 0 Å². The summed E-state index contributed by atoms with van der Waals surface area (Å²) in [6.07, 6.45) is 2.35. The maximum atomic E-state index is 12.8. The van der Waals surface area contributed by atoms with Gasteiger partial charge in [-0.2, -0.15) is 4.31 Å². The van der Waals surface area contributed by atoms with Crippen LogP contribution in [0.5, 0.6) is 0 Å². The molecule has 1 aromatic carbocycles. The number of nitrogens with zero attached hydrogens (tertiary/aromatic N) is 2. The van der Waals surface area contributed by atoms with Crippen LogP contribution in [-0.2, 0) is 14.8 Å². The number of piperazine rings is 1. The van der Waals surface area contributed by atoms with Crippen molar-refractivity contribution in [3.8, 4) is 0 Å². The summed E-state index contributed by atoms with van der Waals surface area (Å²) in [7, 11) is -3.62. The van der Waals surface area contributed by atoms with Gasteiger partial charge in [0, 0.05) is 26.2 Å². The Morgan fingerprint density at radius 2 is 1.77 bits per heavy atom. The molecular formula is C18H27ClN3O3S+. The second-order valence-electron chi connectivity index (χ2n) is 7.32. The molecule has 0 aromatic heterocycles. The third-order valence-corrected chi connectivity index (χ3v) is 7.83. The molecule has 0 atom stereocenters. The largest absolute Gasteiger partial charge is 0.335 e. The molecule has 2 fully saturated rings. The Balaban J connectivity index is 1.55. The van der Waals surface area contributed by atoms with E-state index in [1.165, 1.54) is 28.1 Å². The molecule has 0 spiro atoms. The van der Waals surface area contributed by atoms with Crippen LogP contribution in [0, 0.1) is 5.92 Å². The number of sulfonamides is 1. The van der Waals surface area contributed by atoms with E-state index in [-0.39, 0.29) is 15.8 Å². The molecule has 0 radical (unpaired) electrons. The summed E-state index contributed by atoms with van der Waals surface area (Å²) < 4.78 is 27.0. The van der Waals surface area contributed by atoms with Crippen LogP contribution in [-0.4, -0.2) is 69.3 Å². The van der Waals surface area contributed by atoms with Gasteiger partial charge in [0.05, 0.1) is 18.1 Å². The smallest absolute Gasteiger partial charge is 0.277 e. The van der Waals surface area contributed by atoms with Crippen LogP contribution in [0.3, 0.4) is 0 Å². The number of carbonyl (C=O) groups is 1. The second-order valence-corrected chi connectivity index (χ2v) is 9.64. The average Bonchev–Trinajstić information content (AvgIpc) is 2.64. The number of piperidine rings is 1. The number of amides is 1. The fourth-order valence-electron chi connectivity index (χ4n) is 3.64. The van der Waals surface area contributed by atoms with Crippen molar-refractivity contribution in [1.29, 1.82) is 0 Å². The lowest BCUT2D eigenvalue weighted by Crippen LogP contribution is -3.14. The number of halogens is 1. The van der Waals surface area contributed by atoms with Crippen molar-refractivity contribution in [2.24, 2.45) is 5.92 Å². The van der Waals surface area contributed by atoms with Gasteiger partial charge in [-0.1, -0.05) is 30.7 Å². The monoisotopic (exact) mass is 400 g/mol. The van der Waals surface area contributed by atoms with Gasteiger partial charge in [-0.25, -0.2) is 8.42 Å². The summed E-state index contributed by atoms with van der Waals surface area (Å²) in [5.74, 6) is 0.886. The van der Waals surface area contributed by atoms with E-state index in [1.54, 1.807) is 23.1 Å². The van der Waals surface area contributed by atoms with E-state index in [0.29, 0.717) is 32.7 Å². The van der Waals surface area contributed by atoms with Crippen molar-refractivity contribution in [3.63, 3.8) is 0 Å². The summed E-state index contributed by atoms with van der Waals surface area (Å²) in [6, 6.07) is 6.48. The minimum atomic E-state index is -3.62. The summed E-state index contributed by atoms with van der Waals surface area (Å²) >= 11 is 6.05. The highest BCUT2D eigenvalue weighted by Gasteiger charge is 2.32. The second kappa shape index (κ2) is 8.25. The van der Waals surface area contributed by atoms with E-state index in [4.69, 9.17) is 11.6 Å². The van der Waals surface area contributed by atoms with Crippen LogP contribution in [0.15, 0.2) is 29.2 Å². The van der Waals surface area contributed by atoms with Crippen molar-refractivity contribution in [2.75, 3.05) is 45.8 Å². The maximum Gasteiger partial charge on any atom is 0.277 e. The Hall–Kier alpha value is -1.15. The molecular weight excluding hydrogens is 374 g/mol. The molecule has 8 heteroatoms. The van der Waals surface area contributed by atoms with E-state index in [0.717, 1.165) is 19.0 Å². The van der Waals surface area contributed by atoms with Gasteiger partial charge in [0.2, 0.25) is 10.0 Å². The molecule has 3 rings (SSSR count). The molecule has 6 nitrogen and oxygen atoms in total. The van der Waals surface area contributed by atoms with E-state index in [2.05, 4.69) is 6.92 Å². The van der Waals surface area contributed by atoms with Gasteiger partial charge in [0.15, 0.2) is 6.54 Å². The molecule has 144 valence electrons. The molecule has 2 aliphatic heterocycles. The first-order valence-electron chi connectivity index (χ1n) is 9.24. The first-order valence-corrected chi connectivity index (χ1v) is 11.1. The lowest BCUT2D eigenvalue weighted by molar-refractivity contribution is -0.898. The molecule has 0 aliphatic carbocycles. The van der Waals surface area contributed by atoms with E-state index in [1.807, 2.05) is 0 Å². The molecule has 26 heavy (non-hydrogen) atoms. The minimum Gasteiger partial charge on any atom is -0.335 e. The first-order chi connectivity index (χ1) is 12.4. The van der Waals surface area contributed by atoms with Crippen molar-refractivity contribution in [1.82, 2.24) is 9.21 Å². The Morgan fingerprint density at radius 3 is 2.38 bits per heavy atom. The number of rotatable bonds is 4. The number of nitrogens with one attached hydrogen (secondary N) is 1. The predicted octanol–water partition coefficient (Wildman–Crippen LogP) is 0.488. The van der Waals surface area contributed by atoms with Gasteiger partial charge >= 0.3 is 0 Å². The Morgan fingerprint density at radius 1 is 1.15 bits per heavy atom. The van der Waals surface area contributed by atoms with Gasteiger partial charge in [-0.3, -0.25) is 4.79 Å². The highest BCUT2D eigenvalue weighted by molar-refractivity contribution is 7.89. The minimum absolute atomic E-state index is 0.129. The molecule has 0 unspecified atom stereocenters. The lowest BCUT2D eigenvalue weighted by atomic mass is 9.99. The molecule has 2 saturated heterocycles. The molecule has 2 aliphatic rings. The molecule has 1 amide bonds.